The Morgan fingerprint density at radius 3 is 2.03 bits per heavy atom. The molecule has 2 aromatic carbocycles. The van der Waals surface area contributed by atoms with Crippen molar-refractivity contribution >= 4 is 27.6 Å². The largest absolute Gasteiger partial charge is 0.467 e. The predicted octanol–water partition coefficient (Wildman–Crippen LogP) is 1.26. The van der Waals surface area contributed by atoms with Crippen LogP contribution in [0.4, 0.5) is 0 Å². The van der Waals surface area contributed by atoms with Gasteiger partial charge in [0.05, 0.1) is 17.8 Å². The molecule has 0 aliphatic carbocycles. The van der Waals surface area contributed by atoms with E-state index in [-0.39, 0.29) is 23.5 Å². The zero-order valence-electron chi connectivity index (χ0n) is 17.4. The van der Waals surface area contributed by atoms with Crippen molar-refractivity contribution in [1.82, 2.24) is 10.6 Å². The maximum Gasteiger partial charge on any atom is 0.328 e. The summed E-state index contributed by atoms with van der Waals surface area (Å²) in [5, 5.41) is 5.09. The van der Waals surface area contributed by atoms with Crippen LogP contribution in [0, 0.1) is 0 Å². The third-order valence-corrected chi connectivity index (χ3v) is 6.32. The first-order valence-electron chi connectivity index (χ1n) is 9.70. The third-order valence-electron chi connectivity index (χ3n) is 4.56. The highest BCUT2D eigenvalue weighted by atomic mass is 32.2. The first-order valence-corrected chi connectivity index (χ1v) is 11.3. The summed E-state index contributed by atoms with van der Waals surface area (Å²) in [5.74, 6) is -2.14. The molecule has 0 aliphatic heterocycles. The number of methoxy groups -OCH3 is 1. The Morgan fingerprint density at radius 2 is 1.48 bits per heavy atom. The van der Waals surface area contributed by atoms with E-state index in [0.29, 0.717) is 0 Å². The number of hydrogen-bond donors (Lipinski definition) is 2. The maximum atomic E-state index is 12.8. The van der Waals surface area contributed by atoms with Crippen molar-refractivity contribution in [2.75, 3.05) is 12.9 Å². The summed E-state index contributed by atoms with van der Waals surface area (Å²) in [6, 6.07) is 14.8. The SMILES string of the molecule is COC(=O)[C@H](CCS(=O)(=O)c1ccccc1)NC(=O)[C@H](Cc1ccccc1)NC(C)=O. The van der Waals surface area contributed by atoms with Crippen molar-refractivity contribution < 1.29 is 27.5 Å². The monoisotopic (exact) mass is 446 g/mol. The lowest BCUT2D eigenvalue weighted by molar-refractivity contribution is -0.145. The molecule has 0 aliphatic rings. The molecule has 2 aromatic rings. The molecule has 0 spiro atoms. The van der Waals surface area contributed by atoms with Gasteiger partial charge in [-0.25, -0.2) is 13.2 Å². The molecule has 166 valence electrons. The van der Waals surface area contributed by atoms with E-state index in [2.05, 4.69) is 10.6 Å². The number of nitrogens with one attached hydrogen (secondary N) is 2. The van der Waals surface area contributed by atoms with Gasteiger partial charge in [0.2, 0.25) is 11.8 Å². The number of sulfone groups is 1. The fraction of sp³-hybridized carbons (Fsp3) is 0.318. The molecule has 0 bridgehead atoms. The van der Waals surface area contributed by atoms with Crippen molar-refractivity contribution in [1.29, 1.82) is 0 Å². The van der Waals surface area contributed by atoms with E-state index in [4.69, 9.17) is 4.74 Å². The number of rotatable bonds is 10. The highest BCUT2D eigenvalue weighted by Gasteiger charge is 2.28. The zero-order valence-corrected chi connectivity index (χ0v) is 18.2. The molecule has 9 heteroatoms. The molecule has 31 heavy (non-hydrogen) atoms. The van der Waals surface area contributed by atoms with Gasteiger partial charge in [0.1, 0.15) is 12.1 Å². The first kappa shape index (κ1) is 24.1. The lowest BCUT2D eigenvalue weighted by Gasteiger charge is -2.22. The van der Waals surface area contributed by atoms with Gasteiger partial charge in [0.25, 0.3) is 0 Å². The second kappa shape index (κ2) is 11.3. The van der Waals surface area contributed by atoms with Gasteiger partial charge in [0.15, 0.2) is 9.84 Å². The van der Waals surface area contributed by atoms with Gasteiger partial charge in [-0.15, -0.1) is 0 Å². The Bertz CT molecular complexity index is 993. The van der Waals surface area contributed by atoms with Gasteiger partial charge in [0, 0.05) is 13.3 Å². The number of carbonyl (C=O) groups is 3. The quantitative estimate of drug-likeness (QED) is 0.531. The molecule has 0 saturated carbocycles. The van der Waals surface area contributed by atoms with Crippen molar-refractivity contribution in [2.24, 2.45) is 0 Å². The van der Waals surface area contributed by atoms with Gasteiger partial charge in [-0.1, -0.05) is 48.5 Å². The normalized spacial score (nSPS) is 13.0. The van der Waals surface area contributed by atoms with E-state index in [1.165, 1.54) is 19.1 Å². The summed E-state index contributed by atoms with van der Waals surface area (Å²) >= 11 is 0. The van der Waals surface area contributed by atoms with Gasteiger partial charge in [-0.2, -0.15) is 0 Å². The van der Waals surface area contributed by atoms with Crippen LogP contribution >= 0.6 is 0 Å². The summed E-state index contributed by atoms with van der Waals surface area (Å²) in [7, 11) is -2.49. The van der Waals surface area contributed by atoms with Gasteiger partial charge < -0.3 is 15.4 Å². The minimum Gasteiger partial charge on any atom is -0.467 e. The lowest BCUT2D eigenvalue weighted by Crippen LogP contribution is -2.52. The lowest BCUT2D eigenvalue weighted by atomic mass is 10.0. The minimum atomic E-state index is -3.65. The van der Waals surface area contributed by atoms with Crippen LogP contribution in [0.15, 0.2) is 65.6 Å². The first-order chi connectivity index (χ1) is 14.7. The Kier molecular flexibility index (Phi) is 8.75. The molecule has 0 fully saturated rings. The molecular formula is C22H26N2O6S. The maximum absolute atomic E-state index is 12.8. The van der Waals surface area contributed by atoms with E-state index in [0.717, 1.165) is 12.7 Å². The summed E-state index contributed by atoms with van der Waals surface area (Å²) in [6.07, 6.45) is 0.0379. The highest BCUT2D eigenvalue weighted by Crippen LogP contribution is 2.13. The Morgan fingerprint density at radius 1 is 0.903 bits per heavy atom. The zero-order chi connectivity index (χ0) is 22.9. The number of esters is 1. The highest BCUT2D eigenvalue weighted by molar-refractivity contribution is 7.91. The molecule has 0 saturated heterocycles. The average molecular weight is 447 g/mol. The van der Waals surface area contributed by atoms with Crippen LogP contribution in [0.2, 0.25) is 0 Å². The van der Waals surface area contributed by atoms with Gasteiger partial charge >= 0.3 is 5.97 Å². The third kappa shape index (κ3) is 7.53. The van der Waals surface area contributed by atoms with E-state index in [9.17, 15) is 22.8 Å². The molecule has 2 N–H and O–H groups in total. The Hall–Kier alpha value is -3.20. The van der Waals surface area contributed by atoms with Crippen molar-refractivity contribution in [3.8, 4) is 0 Å². The molecule has 2 rings (SSSR count). The number of amides is 2. The second-order valence-electron chi connectivity index (χ2n) is 6.95. The van der Waals surface area contributed by atoms with Crippen LogP contribution in [-0.2, 0) is 35.4 Å². The molecule has 2 amide bonds. The Balaban J connectivity index is 2.12. The van der Waals surface area contributed by atoms with Crippen LogP contribution in [0.25, 0.3) is 0 Å². The van der Waals surface area contributed by atoms with Crippen LogP contribution in [0.5, 0.6) is 0 Å². The van der Waals surface area contributed by atoms with Crippen LogP contribution in [0.3, 0.4) is 0 Å². The molecule has 0 unspecified atom stereocenters. The average Bonchev–Trinajstić information content (AvgIpc) is 2.76. The van der Waals surface area contributed by atoms with E-state index in [1.807, 2.05) is 30.3 Å². The van der Waals surface area contributed by atoms with E-state index >= 15 is 0 Å². The van der Waals surface area contributed by atoms with Crippen LogP contribution in [-0.4, -0.2) is 51.1 Å². The standard InChI is InChI=1S/C22H26N2O6S/c1-16(25)23-20(15-17-9-5-3-6-10-17)21(26)24-19(22(27)30-2)13-14-31(28,29)18-11-7-4-8-12-18/h3-12,19-20H,13-15H2,1-2H3,(H,23,25)(H,24,26)/t19-,20-/m0/s1. The molecule has 0 heterocycles. The van der Waals surface area contributed by atoms with Crippen molar-refractivity contribution in [2.45, 2.75) is 36.7 Å². The molecule has 8 nitrogen and oxygen atoms in total. The number of carbonyl (C=O) groups excluding carboxylic acids is 3. The van der Waals surface area contributed by atoms with Crippen LogP contribution in [0.1, 0.15) is 18.9 Å². The van der Waals surface area contributed by atoms with Crippen molar-refractivity contribution in [3.05, 3.63) is 66.2 Å². The fourth-order valence-electron chi connectivity index (χ4n) is 2.99. The van der Waals surface area contributed by atoms with Gasteiger partial charge in [-0.05, 0) is 24.1 Å². The van der Waals surface area contributed by atoms with Crippen LogP contribution < -0.4 is 10.6 Å². The number of ether oxygens (including phenoxy) is 1. The summed E-state index contributed by atoms with van der Waals surface area (Å²) in [4.78, 5) is 36.7. The molecule has 0 radical (unpaired) electrons. The van der Waals surface area contributed by atoms with Gasteiger partial charge in [-0.3, -0.25) is 9.59 Å². The Labute approximate surface area is 181 Å². The van der Waals surface area contributed by atoms with E-state index in [1.54, 1.807) is 18.2 Å². The minimum absolute atomic E-state index is 0.130. The molecular weight excluding hydrogens is 420 g/mol. The summed E-state index contributed by atoms with van der Waals surface area (Å²) < 4.78 is 29.8. The summed E-state index contributed by atoms with van der Waals surface area (Å²) in [5.41, 5.74) is 0.817. The number of benzene rings is 2. The van der Waals surface area contributed by atoms with E-state index < -0.39 is 39.7 Å². The molecule has 2 atom stereocenters. The number of hydrogen-bond acceptors (Lipinski definition) is 6. The smallest absolute Gasteiger partial charge is 0.328 e. The second-order valence-corrected chi connectivity index (χ2v) is 9.06. The molecule has 0 aromatic heterocycles. The fourth-order valence-corrected chi connectivity index (χ4v) is 4.34. The topological polar surface area (TPSA) is 119 Å². The summed E-state index contributed by atoms with van der Waals surface area (Å²) in [6.45, 7) is 1.29. The predicted molar refractivity (Wildman–Crippen MR) is 115 cm³/mol. The van der Waals surface area contributed by atoms with Crippen molar-refractivity contribution in [3.63, 3.8) is 0 Å².